The zero-order valence-electron chi connectivity index (χ0n) is 18.7. The molecule has 15 nitrogen and oxygen atoms in total. The first kappa shape index (κ1) is 26.4. The number of β-lactam (4-membered cyclic amide) rings is 1. The average Bonchev–Trinajstić information content (AvgIpc) is 3.55. The van der Waals surface area contributed by atoms with E-state index in [0.29, 0.717) is 5.57 Å². The minimum absolute atomic E-state index is 0.135. The first-order valence-corrected chi connectivity index (χ1v) is 13.2. The van der Waals surface area contributed by atoms with Crippen molar-refractivity contribution >= 4 is 63.5 Å². The number of thioether (sulfide) groups is 2. The van der Waals surface area contributed by atoms with Gasteiger partial charge in [-0.3, -0.25) is 14.5 Å². The smallest absolute Gasteiger partial charge is 0.352 e. The van der Waals surface area contributed by atoms with E-state index in [0.717, 1.165) is 28.0 Å². The fourth-order valence-electron chi connectivity index (χ4n) is 3.59. The Morgan fingerprint density at radius 2 is 2.32 bits per heavy atom. The van der Waals surface area contributed by atoms with E-state index in [4.69, 9.17) is 17.0 Å². The van der Waals surface area contributed by atoms with Crippen molar-refractivity contribution in [3.63, 3.8) is 0 Å². The number of hydrogen-bond donors (Lipinski definition) is 5. The van der Waals surface area contributed by atoms with Crippen molar-refractivity contribution in [1.29, 1.82) is 0 Å². The first-order chi connectivity index (χ1) is 17.8. The maximum atomic E-state index is 13.1. The molecule has 194 valence electrons. The van der Waals surface area contributed by atoms with Gasteiger partial charge in [-0.1, -0.05) is 22.8 Å². The summed E-state index contributed by atoms with van der Waals surface area (Å²) in [6.07, 6.45) is 5.35. The van der Waals surface area contributed by atoms with Crippen LogP contribution in [0.25, 0.3) is 0 Å². The molecular formula is C19H19N9O6S3. The van der Waals surface area contributed by atoms with E-state index < -0.39 is 34.4 Å². The maximum absolute atomic E-state index is 13.1. The number of aliphatic hydroxyl groups is 1. The number of rotatable bonds is 11. The molecule has 0 aromatic carbocycles. The SMILES string of the molecule is C#CCON=C(C(=O)NC1C(=O)N2C(C(=O)O)=C(C(CCO)Sc3nn[nH]n3)CS[C@H]12)c1csc(N)n1. The second kappa shape index (κ2) is 11.6. The third kappa shape index (κ3) is 5.53. The lowest BCUT2D eigenvalue weighted by Gasteiger charge is -2.50. The number of aliphatic carboxylic acids is 1. The van der Waals surface area contributed by atoms with Crippen LogP contribution in [0.15, 0.2) is 27.0 Å². The van der Waals surface area contributed by atoms with Crippen LogP contribution in [-0.4, -0.2) is 99.8 Å². The molecule has 0 aliphatic carbocycles. The third-order valence-corrected chi connectivity index (χ3v) is 8.29. The fourth-order valence-corrected chi connectivity index (χ4v) is 6.66. The number of nitrogen functional groups attached to an aromatic ring is 1. The van der Waals surface area contributed by atoms with E-state index in [1.807, 2.05) is 0 Å². The van der Waals surface area contributed by atoms with Crippen molar-refractivity contribution in [2.45, 2.75) is 28.2 Å². The molecule has 18 heteroatoms. The molecule has 2 aliphatic heterocycles. The second-order valence-electron chi connectivity index (χ2n) is 7.34. The van der Waals surface area contributed by atoms with Crippen molar-refractivity contribution in [2.75, 3.05) is 24.7 Å². The largest absolute Gasteiger partial charge is 0.477 e. The predicted molar refractivity (Wildman–Crippen MR) is 133 cm³/mol. The van der Waals surface area contributed by atoms with Crippen LogP contribution in [0, 0.1) is 12.3 Å². The van der Waals surface area contributed by atoms with Crippen molar-refractivity contribution in [3.8, 4) is 12.3 Å². The average molecular weight is 566 g/mol. The van der Waals surface area contributed by atoms with E-state index in [1.165, 1.54) is 17.1 Å². The molecule has 0 bridgehead atoms. The summed E-state index contributed by atoms with van der Waals surface area (Å²) in [6, 6.07) is -1.02. The van der Waals surface area contributed by atoms with Gasteiger partial charge in [0.2, 0.25) is 5.16 Å². The highest BCUT2D eigenvalue weighted by Crippen LogP contribution is 2.44. The standard InChI is InChI=1S/C19H19N9O6S3/c1-2-5-34-25-11(9-7-36-18(20)21-9)14(30)22-12-15(31)28-13(17(32)33)8(6-35-16(12)28)10(3-4-29)37-19-23-26-27-24-19/h1,7,10,12,16,29H,3-6H2,(H2,20,21)(H,22,30)(H,32,33)(H,23,24,26,27)/t10?,12?,16-/m1/s1. The van der Waals surface area contributed by atoms with Gasteiger partial charge in [0.15, 0.2) is 17.5 Å². The van der Waals surface area contributed by atoms with Crippen molar-refractivity contribution in [2.24, 2.45) is 5.16 Å². The quantitative estimate of drug-likeness (QED) is 0.0544. The Kier molecular flexibility index (Phi) is 8.27. The van der Waals surface area contributed by atoms with Gasteiger partial charge in [0.1, 0.15) is 22.8 Å². The van der Waals surface area contributed by atoms with Gasteiger partial charge in [0, 0.05) is 23.0 Å². The van der Waals surface area contributed by atoms with Crippen molar-refractivity contribution < 1.29 is 29.4 Å². The first-order valence-electron chi connectivity index (χ1n) is 10.4. The van der Waals surface area contributed by atoms with Crippen LogP contribution in [0.1, 0.15) is 12.1 Å². The number of carbonyl (C=O) groups is 3. The van der Waals surface area contributed by atoms with Gasteiger partial charge in [-0.25, -0.2) is 9.78 Å². The Morgan fingerprint density at radius 1 is 1.51 bits per heavy atom. The number of H-pyrrole nitrogens is 1. The lowest BCUT2D eigenvalue weighted by molar-refractivity contribution is -0.150. The Balaban J connectivity index is 1.55. The van der Waals surface area contributed by atoms with Gasteiger partial charge in [-0.2, -0.15) is 5.21 Å². The van der Waals surface area contributed by atoms with E-state index in [2.05, 4.69) is 42.0 Å². The molecule has 1 fully saturated rings. The Hall–Kier alpha value is -3.66. The van der Waals surface area contributed by atoms with Gasteiger partial charge >= 0.3 is 5.97 Å². The normalized spacial score (nSPS) is 20.1. The number of anilines is 1. The Bertz CT molecular complexity index is 1290. The van der Waals surface area contributed by atoms with Crippen LogP contribution in [0.5, 0.6) is 0 Å². The topological polar surface area (TPSA) is 222 Å². The van der Waals surface area contributed by atoms with E-state index >= 15 is 0 Å². The molecule has 2 aromatic rings. The molecule has 4 heterocycles. The molecule has 3 atom stereocenters. The molecule has 0 radical (unpaired) electrons. The van der Waals surface area contributed by atoms with Crippen LogP contribution in [-0.2, 0) is 19.2 Å². The molecular weight excluding hydrogens is 546 g/mol. The number of carbonyl (C=O) groups excluding carboxylic acids is 2. The second-order valence-corrected chi connectivity index (χ2v) is 10.5. The van der Waals surface area contributed by atoms with E-state index in [-0.39, 0.29) is 52.8 Å². The lowest BCUT2D eigenvalue weighted by Crippen LogP contribution is -2.71. The van der Waals surface area contributed by atoms with Crippen LogP contribution in [0.4, 0.5) is 5.13 Å². The molecule has 0 saturated carbocycles. The minimum Gasteiger partial charge on any atom is -0.477 e. The summed E-state index contributed by atoms with van der Waals surface area (Å²) in [5.74, 6) is -0.242. The number of terminal acetylenes is 1. The van der Waals surface area contributed by atoms with Crippen LogP contribution >= 0.6 is 34.9 Å². The molecule has 2 unspecified atom stereocenters. The highest BCUT2D eigenvalue weighted by Gasteiger charge is 2.55. The number of oxime groups is 1. The zero-order valence-corrected chi connectivity index (χ0v) is 21.2. The van der Waals surface area contributed by atoms with Crippen LogP contribution in [0.2, 0.25) is 0 Å². The Labute approximate surface area is 221 Å². The number of amides is 2. The number of tetrazole rings is 1. The number of carboxylic acid groups (broad SMARTS) is 1. The van der Waals surface area contributed by atoms with Crippen LogP contribution < -0.4 is 11.1 Å². The van der Waals surface area contributed by atoms with Gasteiger partial charge in [0.25, 0.3) is 11.8 Å². The van der Waals surface area contributed by atoms with E-state index in [1.54, 1.807) is 0 Å². The highest BCUT2D eigenvalue weighted by molar-refractivity contribution is 8.01. The molecule has 0 spiro atoms. The summed E-state index contributed by atoms with van der Waals surface area (Å²) in [6.45, 7) is -0.422. The number of fused-ring (bicyclic) bond motifs is 1. The Morgan fingerprint density at radius 3 is 2.95 bits per heavy atom. The molecule has 6 N–H and O–H groups in total. The lowest BCUT2D eigenvalue weighted by atomic mass is 10.00. The van der Waals surface area contributed by atoms with Crippen molar-refractivity contribution in [3.05, 3.63) is 22.3 Å². The molecule has 2 aromatic heterocycles. The summed E-state index contributed by atoms with van der Waals surface area (Å²) >= 11 is 3.48. The molecule has 4 rings (SSSR count). The summed E-state index contributed by atoms with van der Waals surface area (Å²) < 4.78 is 0. The number of aromatic amines is 1. The van der Waals surface area contributed by atoms with Gasteiger partial charge in [0.05, 0.1) is 0 Å². The minimum atomic E-state index is -1.31. The number of thiazole rings is 1. The summed E-state index contributed by atoms with van der Waals surface area (Å²) in [5.41, 5.74) is 5.79. The molecule has 37 heavy (non-hydrogen) atoms. The maximum Gasteiger partial charge on any atom is 0.352 e. The number of hydrogen-bond acceptors (Lipinski definition) is 14. The number of nitrogens with two attached hydrogens (primary N) is 1. The molecule has 2 amide bonds. The predicted octanol–water partition coefficient (Wildman–Crippen LogP) is -1.13. The van der Waals surface area contributed by atoms with Gasteiger partial charge < -0.3 is 26.1 Å². The number of aliphatic hydroxyl groups excluding tert-OH is 1. The number of carboxylic acids is 1. The number of nitrogens with one attached hydrogen (secondary N) is 2. The van der Waals surface area contributed by atoms with Gasteiger partial charge in [-0.15, -0.1) is 39.7 Å². The molecule has 2 aliphatic rings. The highest BCUT2D eigenvalue weighted by atomic mass is 32.2. The van der Waals surface area contributed by atoms with Gasteiger partial charge in [-0.05, 0) is 17.2 Å². The number of nitrogens with zero attached hydrogens (tertiary/aromatic N) is 6. The molecule has 1 saturated heterocycles. The summed E-state index contributed by atoms with van der Waals surface area (Å²) in [7, 11) is 0. The summed E-state index contributed by atoms with van der Waals surface area (Å²) in [4.78, 5) is 48.4. The third-order valence-electron chi connectivity index (χ3n) is 5.12. The monoisotopic (exact) mass is 565 g/mol. The summed E-state index contributed by atoms with van der Waals surface area (Å²) in [5, 5.41) is 40.1. The van der Waals surface area contributed by atoms with Crippen molar-refractivity contribution in [1.82, 2.24) is 35.8 Å². The number of aromatic nitrogens is 5. The zero-order chi connectivity index (χ0) is 26.5. The van der Waals surface area contributed by atoms with E-state index in [9.17, 15) is 24.6 Å². The fraction of sp³-hybridized carbons (Fsp3) is 0.368. The van der Waals surface area contributed by atoms with Crippen LogP contribution in [0.3, 0.4) is 0 Å².